The third kappa shape index (κ3) is 6.10. The summed E-state index contributed by atoms with van der Waals surface area (Å²) in [5.74, 6) is 0.481. The molecule has 1 N–H and O–H groups in total. The summed E-state index contributed by atoms with van der Waals surface area (Å²) in [6, 6.07) is 0. The first kappa shape index (κ1) is 17.8. The van der Waals surface area contributed by atoms with Gasteiger partial charge in [0.25, 0.3) is 6.43 Å². The van der Waals surface area contributed by atoms with Crippen molar-refractivity contribution in [2.24, 2.45) is 4.99 Å². The van der Waals surface area contributed by atoms with Gasteiger partial charge in [0.05, 0.1) is 25.9 Å². The molecule has 1 aliphatic heterocycles. The van der Waals surface area contributed by atoms with Gasteiger partial charge in [-0.05, 0) is 0 Å². The minimum Gasteiger partial charge on any atom is -0.382 e. The molecule has 18 heavy (non-hydrogen) atoms. The molecular formula is C10H20F2IN3O2. The van der Waals surface area contributed by atoms with Gasteiger partial charge in [-0.3, -0.25) is 4.99 Å². The van der Waals surface area contributed by atoms with Crippen LogP contribution in [0.3, 0.4) is 0 Å². The van der Waals surface area contributed by atoms with E-state index in [2.05, 4.69) is 10.3 Å². The van der Waals surface area contributed by atoms with Crippen molar-refractivity contribution < 1.29 is 18.3 Å². The van der Waals surface area contributed by atoms with Crippen LogP contribution in [-0.2, 0) is 9.47 Å². The average Bonchev–Trinajstić information content (AvgIpc) is 2.30. The van der Waals surface area contributed by atoms with Crippen LogP contribution in [0.1, 0.15) is 0 Å². The Labute approximate surface area is 123 Å². The SMILES string of the molecule is CN=C(NCC(F)F)N1CCOC(COC)C1.I. The number of nitrogens with one attached hydrogen (secondary N) is 1. The smallest absolute Gasteiger partial charge is 0.255 e. The van der Waals surface area contributed by atoms with Gasteiger partial charge in [0, 0.05) is 27.2 Å². The van der Waals surface area contributed by atoms with Crippen LogP contribution in [-0.4, -0.2) is 70.4 Å². The monoisotopic (exact) mass is 379 g/mol. The number of nitrogens with zero attached hydrogens (tertiary/aromatic N) is 2. The normalized spacial score (nSPS) is 20.8. The standard InChI is InChI=1S/C10H19F2N3O2.HI/c1-13-10(14-5-9(11)12)15-3-4-17-8(6-15)7-16-2;/h8-9H,3-7H2,1-2H3,(H,13,14);1H. The van der Waals surface area contributed by atoms with Crippen LogP contribution in [0.15, 0.2) is 4.99 Å². The van der Waals surface area contributed by atoms with E-state index in [4.69, 9.17) is 9.47 Å². The summed E-state index contributed by atoms with van der Waals surface area (Å²) in [5.41, 5.74) is 0. The van der Waals surface area contributed by atoms with E-state index in [0.717, 1.165) is 0 Å². The molecule has 1 rings (SSSR count). The van der Waals surface area contributed by atoms with E-state index < -0.39 is 6.43 Å². The second kappa shape index (κ2) is 9.68. The third-order valence-electron chi connectivity index (χ3n) is 2.42. The number of morpholine rings is 1. The van der Waals surface area contributed by atoms with Crippen molar-refractivity contribution in [1.82, 2.24) is 10.2 Å². The summed E-state index contributed by atoms with van der Waals surface area (Å²) in [4.78, 5) is 5.88. The average molecular weight is 379 g/mol. The maximum Gasteiger partial charge on any atom is 0.255 e. The molecule has 1 heterocycles. The van der Waals surface area contributed by atoms with Crippen molar-refractivity contribution in [3.05, 3.63) is 0 Å². The fourth-order valence-corrected chi connectivity index (χ4v) is 1.70. The summed E-state index contributed by atoms with van der Waals surface area (Å²) in [6.45, 7) is 1.88. The van der Waals surface area contributed by atoms with E-state index in [1.807, 2.05) is 4.90 Å². The molecule has 1 fully saturated rings. The molecule has 0 aromatic carbocycles. The predicted molar refractivity (Wildman–Crippen MR) is 76.0 cm³/mol. The number of hydrogen-bond donors (Lipinski definition) is 1. The van der Waals surface area contributed by atoms with Crippen molar-refractivity contribution in [2.75, 3.05) is 47.0 Å². The lowest BCUT2D eigenvalue weighted by molar-refractivity contribution is -0.0448. The predicted octanol–water partition coefficient (Wildman–Crippen LogP) is 0.792. The summed E-state index contributed by atoms with van der Waals surface area (Å²) in [5, 5.41) is 2.63. The number of ether oxygens (including phenoxy) is 2. The molecule has 1 aliphatic rings. The van der Waals surface area contributed by atoms with E-state index in [-0.39, 0.29) is 36.6 Å². The number of hydrogen-bond acceptors (Lipinski definition) is 3. The third-order valence-corrected chi connectivity index (χ3v) is 2.42. The maximum absolute atomic E-state index is 12.1. The van der Waals surface area contributed by atoms with Crippen LogP contribution in [0, 0.1) is 0 Å². The molecule has 1 saturated heterocycles. The van der Waals surface area contributed by atoms with E-state index in [1.54, 1.807) is 14.2 Å². The Hall–Kier alpha value is -0.220. The van der Waals surface area contributed by atoms with E-state index in [9.17, 15) is 8.78 Å². The van der Waals surface area contributed by atoms with Gasteiger partial charge in [-0.2, -0.15) is 0 Å². The highest BCUT2D eigenvalue weighted by Crippen LogP contribution is 2.06. The molecule has 0 bridgehead atoms. The van der Waals surface area contributed by atoms with Gasteiger partial charge < -0.3 is 19.7 Å². The Morgan fingerprint density at radius 1 is 1.61 bits per heavy atom. The lowest BCUT2D eigenvalue weighted by Crippen LogP contribution is -2.52. The summed E-state index contributed by atoms with van der Waals surface area (Å²) in [6.07, 6.45) is -2.43. The molecule has 0 spiro atoms. The van der Waals surface area contributed by atoms with E-state index >= 15 is 0 Å². The second-order valence-corrected chi connectivity index (χ2v) is 3.71. The van der Waals surface area contributed by atoms with E-state index in [1.165, 1.54) is 0 Å². The van der Waals surface area contributed by atoms with Crippen LogP contribution in [0.2, 0.25) is 0 Å². The molecule has 8 heteroatoms. The van der Waals surface area contributed by atoms with Crippen LogP contribution < -0.4 is 5.32 Å². The highest BCUT2D eigenvalue weighted by Gasteiger charge is 2.22. The van der Waals surface area contributed by atoms with Crippen LogP contribution in [0.25, 0.3) is 0 Å². The first-order valence-corrected chi connectivity index (χ1v) is 5.51. The highest BCUT2D eigenvalue weighted by atomic mass is 127. The lowest BCUT2D eigenvalue weighted by Gasteiger charge is -2.34. The minimum atomic E-state index is -2.39. The molecular weight excluding hydrogens is 359 g/mol. The molecule has 0 radical (unpaired) electrons. The Morgan fingerprint density at radius 3 is 2.89 bits per heavy atom. The number of guanidine groups is 1. The van der Waals surface area contributed by atoms with Gasteiger partial charge in [-0.1, -0.05) is 0 Å². The molecule has 0 aromatic rings. The van der Waals surface area contributed by atoms with Crippen molar-refractivity contribution in [3.63, 3.8) is 0 Å². The second-order valence-electron chi connectivity index (χ2n) is 3.71. The number of halogens is 3. The first-order chi connectivity index (χ1) is 8.17. The zero-order valence-corrected chi connectivity index (χ0v) is 12.9. The van der Waals surface area contributed by atoms with E-state index in [0.29, 0.717) is 32.3 Å². The number of alkyl halides is 2. The number of methoxy groups -OCH3 is 1. The Morgan fingerprint density at radius 2 is 2.33 bits per heavy atom. The zero-order valence-electron chi connectivity index (χ0n) is 10.6. The van der Waals surface area contributed by atoms with Gasteiger partial charge in [0.1, 0.15) is 0 Å². The minimum absolute atomic E-state index is 0. The molecule has 0 amide bonds. The van der Waals surface area contributed by atoms with Gasteiger partial charge in [-0.25, -0.2) is 8.78 Å². The van der Waals surface area contributed by atoms with Gasteiger partial charge >= 0.3 is 0 Å². The summed E-state index contributed by atoms with van der Waals surface area (Å²) in [7, 11) is 3.18. The number of aliphatic imine (C=N–C) groups is 1. The maximum atomic E-state index is 12.1. The molecule has 5 nitrogen and oxygen atoms in total. The van der Waals surface area contributed by atoms with Crippen molar-refractivity contribution >= 4 is 29.9 Å². The fourth-order valence-electron chi connectivity index (χ4n) is 1.70. The summed E-state index contributed by atoms with van der Waals surface area (Å²) >= 11 is 0. The topological polar surface area (TPSA) is 46.1 Å². The van der Waals surface area contributed by atoms with Crippen molar-refractivity contribution in [1.29, 1.82) is 0 Å². The van der Waals surface area contributed by atoms with Crippen LogP contribution in [0.4, 0.5) is 8.78 Å². The summed E-state index contributed by atoms with van der Waals surface area (Å²) < 4.78 is 34.7. The molecule has 0 saturated carbocycles. The van der Waals surface area contributed by atoms with Gasteiger partial charge in [0.15, 0.2) is 5.96 Å². The lowest BCUT2D eigenvalue weighted by atomic mass is 10.3. The zero-order chi connectivity index (χ0) is 12.7. The van der Waals surface area contributed by atoms with Gasteiger partial charge in [0.2, 0.25) is 0 Å². The molecule has 0 aromatic heterocycles. The van der Waals surface area contributed by atoms with Crippen LogP contribution in [0.5, 0.6) is 0 Å². The molecule has 1 atom stereocenters. The van der Waals surface area contributed by atoms with Gasteiger partial charge in [-0.15, -0.1) is 24.0 Å². The molecule has 0 aliphatic carbocycles. The Kier molecular flexibility index (Phi) is 9.56. The number of rotatable bonds is 4. The quantitative estimate of drug-likeness (QED) is 0.446. The molecule has 1 unspecified atom stereocenters. The molecule has 108 valence electrons. The highest BCUT2D eigenvalue weighted by molar-refractivity contribution is 14.0. The van der Waals surface area contributed by atoms with Crippen LogP contribution >= 0.6 is 24.0 Å². The largest absolute Gasteiger partial charge is 0.382 e. The van der Waals surface area contributed by atoms with Crippen molar-refractivity contribution in [3.8, 4) is 0 Å². The Balaban J connectivity index is 0.00000289. The fraction of sp³-hybridized carbons (Fsp3) is 0.900. The van der Waals surface area contributed by atoms with Crippen molar-refractivity contribution in [2.45, 2.75) is 12.5 Å². The first-order valence-electron chi connectivity index (χ1n) is 5.51. The Bertz CT molecular complexity index is 255.